The number of amides is 1. The molecule has 2 aromatic rings. The minimum atomic E-state index is -1.06. The highest BCUT2D eigenvalue weighted by Crippen LogP contribution is 2.28. The summed E-state index contributed by atoms with van der Waals surface area (Å²) in [5.41, 5.74) is 0.399. The van der Waals surface area contributed by atoms with E-state index in [1.54, 1.807) is 30.3 Å². The van der Waals surface area contributed by atoms with Crippen LogP contribution in [-0.4, -0.2) is 29.3 Å². The van der Waals surface area contributed by atoms with Crippen molar-refractivity contribution in [3.63, 3.8) is 0 Å². The second kappa shape index (κ2) is 8.95. The standard InChI is InChI=1S/C23H24N2O5/c1-15(26)17-6-8-18(9-7-17)19-10-11-20(30-19)22(28)29-16(2)21(27)25-23(14-24)12-4-3-5-13-23/h6-11,16H,3-5,12-13H2,1-2H3,(H,25,27)/t16-/m0/s1. The van der Waals surface area contributed by atoms with Crippen LogP contribution in [0, 0.1) is 11.3 Å². The van der Waals surface area contributed by atoms with E-state index in [4.69, 9.17) is 9.15 Å². The number of rotatable bonds is 6. The fourth-order valence-corrected chi connectivity index (χ4v) is 3.50. The number of hydrogen-bond donors (Lipinski definition) is 1. The van der Waals surface area contributed by atoms with Crippen LogP contribution in [0.5, 0.6) is 0 Å². The van der Waals surface area contributed by atoms with Crippen LogP contribution in [0.2, 0.25) is 0 Å². The Labute approximate surface area is 175 Å². The van der Waals surface area contributed by atoms with E-state index in [9.17, 15) is 19.6 Å². The Morgan fingerprint density at radius 3 is 2.37 bits per heavy atom. The molecule has 156 valence electrons. The Hall–Kier alpha value is -3.40. The summed E-state index contributed by atoms with van der Waals surface area (Å²) in [6.45, 7) is 2.95. The summed E-state index contributed by atoms with van der Waals surface area (Å²) in [6, 6.07) is 12.1. The molecule has 7 nitrogen and oxygen atoms in total. The molecule has 3 rings (SSSR count). The molecule has 0 spiro atoms. The molecule has 1 atom stereocenters. The molecular formula is C23H24N2O5. The van der Waals surface area contributed by atoms with Crippen LogP contribution < -0.4 is 5.32 Å². The predicted octanol–water partition coefficient (Wildman–Crippen LogP) is 4.04. The summed E-state index contributed by atoms with van der Waals surface area (Å²) in [7, 11) is 0. The third-order valence-corrected chi connectivity index (χ3v) is 5.32. The highest BCUT2D eigenvalue weighted by atomic mass is 16.6. The van der Waals surface area contributed by atoms with E-state index in [0.29, 0.717) is 29.7 Å². The van der Waals surface area contributed by atoms with Gasteiger partial charge in [-0.05, 0) is 38.8 Å². The number of hydrogen-bond acceptors (Lipinski definition) is 6. The Kier molecular flexibility index (Phi) is 6.36. The van der Waals surface area contributed by atoms with Crippen LogP contribution >= 0.6 is 0 Å². The maximum Gasteiger partial charge on any atom is 0.375 e. The van der Waals surface area contributed by atoms with Gasteiger partial charge in [-0.3, -0.25) is 9.59 Å². The first-order valence-electron chi connectivity index (χ1n) is 9.99. The molecule has 1 N–H and O–H groups in total. The van der Waals surface area contributed by atoms with Crippen LogP contribution in [0.25, 0.3) is 11.3 Å². The third-order valence-electron chi connectivity index (χ3n) is 5.32. The average Bonchev–Trinajstić information content (AvgIpc) is 3.25. The molecule has 1 aromatic carbocycles. The maximum atomic E-state index is 12.5. The van der Waals surface area contributed by atoms with E-state index in [1.165, 1.54) is 19.9 Å². The largest absolute Gasteiger partial charge is 0.449 e. The molecule has 1 fully saturated rings. The average molecular weight is 408 g/mol. The quantitative estimate of drug-likeness (QED) is 0.571. The van der Waals surface area contributed by atoms with Crippen molar-refractivity contribution in [1.29, 1.82) is 5.26 Å². The molecule has 1 amide bonds. The van der Waals surface area contributed by atoms with Crippen molar-refractivity contribution < 1.29 is 23.5 Å². The minimum Gasteiger partial charge on any atom is -0.449 e. The molecule has 0 saturated heterocycles. The first kappa shape index (κ1) is 21.3. The maximum absolute atomic E-state index is 12.5. The number of nitriles is 1. The molecule has 0 unspecified atom stereocenters. The number of carbonyl (C=O) groups excluding carboxylic acids is 3. The number of furan rings is 1. The Bertz CT molecular complexity index is 978. The number of carbonyl (C=O) groups is 3. The van der Waals surface area contributed by atoms with Gasteiger partial charge in [0, 0.05) is 11.1 Å². The van der Waals surface area contributed by atoms with Gasteiger partial charge in [0.05, 0.1) is 6.07 Å². The second-order valence-corrected chi connectivity index (χ2v) is 7.59. The number of nitrogens with zero attached hydrogens (tertiary/aromatic N) is 1. The Morgan fingerprint density at radius 2 is 1.77 bits per heavy atom. The normalized spacial score (nSPS) is 16.2. The summed E-state index contributed by atoms with van der Waals surface area (Å²) in [4.78, 5) is 36.2. The van der Waals surface area contributed by atoms with Gasteiger partial charge in [-0.25, -0.2) is 4.79 Å². The molecular weight excluding hydrogens is 384 g/mol. The number of ketones is 1. The topological polar surface area (TPSA) is 109 Å². The van der Waals surface area contributed by atoms with Crippen molar-refractivity contribution >= 4 is 17.7 Å². The smallest absolute Gasteiger partial charge is 0.375 e. The summed E-state index contributed by atoms with van der Waals surface area (Å²) in [5, 5.41) is 12.2. The Balaban J connectivity index is 1.62. The SMILES string of the molecule is CC(=O)c1ccc(-c2ccc(C(=O)O[C@@H](C)C(=O)NC3(C#N)CCCCC3)o2)cc1. The van der Waals surface area contributed by atoms with Crippen molar-refractivity contribution in [2.24, 2.45) is 0 Å². The summed E-state index contributed by atoms with van der Waals surface area (Å²) >= 11 is 0. The summed E-state index contributed by atoms with van der Waals surface area (Å²) in [5.74, 6) is -0.894. The van der Waals surface area contributed by atoms with Crippen LogP contribution in [-0.2, 0) is 9.53 Å². The molecule has 1 aromatic heterocycles. The van der Waals surface area contributed by atoms with E-state index in [0.717, 1.165) is 19.3 Å². The van der Waals surface area contributed by atoms with E-state index in [2.05, 4.69) is 11.4 Å². The lowest BCUT2D eigenvalue weighted by Crippen LogP contribution is -2.52. The lowest BCUT2D eigenvalue weighted by Gasteiger charge is -2.32. The third kappa shape index (κ3) is 4.77. The highest BCUT2D eigenvalue weighted by molar-refractivity contribution is 5.94. The van der Waals surface area contributed by atoms with Crippen molar-refractivity contribution in [2.75, 3.05) is 0 Å². The molecule has 7 heteroatoms. The van der Waals surface area contributed by atoms with Crippen LogP contribution in [0.1, 0.15) is 66.9 Å². The van der Waals surface area contributed by atoms with Crippen LogP contribution in [0.4, 0.5) is 0 Å². The molecule has 0 aliphatic heterocycles. The second-order valence-electron chi connectivity index (χ2n) is 7.59. The van der Waals surface area contributed by atoms with Crippen molar-refractivity contribution in [1.82, 2.24) is 5.32 Å². The van der Waals surface area contributed by atoms with Gasteiger partial charge >= 0.3 is 5.97 Å². The van der Waals surface area contributed by atoms with Gasteiger partial charge in [0.2, 0.25) is 5.76 Å². The lowest BCUT2D eigenvalue weighted by molar-refractivity contribution is -0.130. The molecule has 0 radical (unpaired) electrons. The fourth-order valence-electron chi connectivity index (χ4n) is 3.50. The molecule has 1 saturated carbocycles. The zero-order chi connectivity index (χ0) is 21.7. The van der Waals surface area contributed by atoms with Crippen molar-refractivity contribution in [2.45, 2.75) is 57.6 Å². The Morgan fingerprint density at radius 1 is 1.10 bits per heavy atom. The first-order chi connectivity index (χ1) is 14.3. The number of Topliss-reactive ketones (excluding diaryl/α,β-unsaturated/α-hetero) is 1. The molecule has 0 bridgehead atoms. The number of nitrogens with one attached hydrogen (secondary N) is 1. The zero-order valence-corrected chi connectivity index (χ0v) is 17.1. The van der Waals surface area contributed by atoms with E-state index in [1.807, 2.05) is 0 Å². The first-order valence-corrected chi connectivity index (χ1v) is 9.99. The van der Waals surface area contributed by atoms with Gasteiger partial charge in [0.25, 0.3) is 5.91 Å². The van der Waals surface area contributed by atoms with Gasteiger partial charge in [-0.1, -0.05) is 43.5 Å². The van der Waals surface area contributed by atoms with Crippen LogP contribution in [0.15, 0.2) is 40.8 Å². The lowest BCUT2D eigenvalue weighted by atomic mass is 9.83. The zero-order valence-electron chi connectivity index (χ0n) is 17.1. The van der Waals surface area contributed by atoms with Crippen molar-refractivity contribution in [3.8, 4) is 17.4 Å². The van der Waals surface area contributed by atoms with Gasteiger partial charge in [0.15, 0.2) is 11.9 Å². The molecule has 30 heavy (non-hydrogen) atoms. The summed E-state index contributed by atoms with van der Waals surface area (Å²) < 4.78 is 10.8. The molecule has 1 aliphatic rings. The van der Waals surface area contributed by atoms with E-state index >= 15 is 0 Å². The van der Waals surface area contributed by atoms with Gasteiger partial charge in [-0.2, -0.15) is 5.26 Å². The minimum absolute atomic E-state index is 0.0343. The van der Waals surface area contributed by atoms with Gasteiger partial charge < -0.3 is 14.5 Å². The van der Waals surface area contributed by atoms with E-state index < -0.39 is 23.5 Å². The van der Waals surface area contributed by atoms with Gasteiger partial charge in [0.1, 0.15) is 11.3 Å². The van der Waals surface area contributed by atoms with E-state index in [-0.39, 0.29) is 11.5 Å². The molecule has 1 heterocycles. The monoisotopic (exact) mass is 408 g/mol. The highest BCUT2D eigenvalue weighted by Gasteiger charge is 2.35. The number of ether oxygens (including phenoxy) is 1. The van der Waals surface area contributed by atoms with Crippen molar-refractivity contribution in [3.05, 3.63) is 47.7 Å². The van der Waals surface area contributed by atoms with Crippen LogP contribution in [0.3, 0.4) is 0 Å². The fraction of sp³-hybridized carbons (Fsp3) is 0.391. The molecule has 1 aliphatic carbocycles. The summed E-state index contributed by atoms with van der Waals surface area (Å²) in [6.07, 6.45) is 2.94. The number of esters is 1. The van der Waals surface area contributed by atoms with Gasteiger partial charge in [-0.15, -0.1) is 0 Å². The number of benzene rings is 1. The predicted molar refractivity (Wildman–Crippen MR) is 109 cm³/mol.